The summed E-state index contributed by atoms with van der Waals surface area (Å²) in [7, 11) is 0. The zero-order chi connectivity index (χ0) is 20.9. The van der Waals surface area contributed by atoms with Crippen LogP contribution >= 0.6 is 0 Å². The average Bonchev–Trinajstić information content (AvgIpc) is 3.09. The topological polar surface area (TPSA) is 51.5 Å². The van der Waals surface area contributed by atoms with Gasteiger partial charge in [-0.2, -0.15) is 0 Å². The highest BCUT2D eigenvalue weighted by atomic mass is 16.5. The minimum Gasteiger partial charge on any atom is -0.479 e. The molecule has 0 saturated carbocycles. The summed E-state index contributed by atoms with van der Waals surface area (Å²) in [5, 5.41) is 11.9. The first-order valence-corrected chi connectivity index (χ1v) is 10.6. The first-order valence-electron chi connectivity index (χ1n) is 10.6. The highest BCUT2D eigenvalue weighted by molar-refractivity contribution is 6.07. The van der Waals surface area contributed by atoms with Gasteiger partial charge in [0.2, 0.25) is 0 Å². The van der Waals surface area contributed by atoms with Gasteiger partial charge in [-0.05, 0) is 43.0 Å². The van der Waals surface area contributed by atoms with Crippen molar-refractivity contribution in [3.05, 3.63) is 83.9 Å². The molecule has 1 aromatic heterocycles. The van der Waals surface area contributed by atoms with Crippen LogP contribution in [0.3, 0.4) is 0 Å². The molecule has 0 saturated heterocycles. The number of rotatable bonds is 9. The number of hydrogen-bond acceptors (Lipinski definition) is 2. The maximum atomic E-state index is 11.3. The fourth-order valence-electron chi connectivity index (χ4n) is 4.16. The molecule has 0 aliphatic carbocycles. The molecular weight excluding hydrogens is 374 g/mol. The number of fused-ring (bicyclic) bond motifs is 3. The molecule has 4 rings (SSSR count). The fraction of sp³-hybridized carbons (Fsp3) is 0.269. The number of para-hydroxylation sites is 2. The summed E-state index contributed by atoms with van der Waals surface area (Å²) in [6.07, 6.45) is 1.63. The van der Waals surface area contributed by atoms with Gasteiger partial charge in [0.25, 0.3) is 0 Å². The van der Waals surface area contributed by atoms with Crippen LogP contribution < -0.4 is 0 Å². The van der Waals surface area contributed by atoms with Crippen LogP contribution in [0.5, 0.6) is 0 Å². The van der Waals surface area contributed by atoms with Crippen molar-refractivity contribution in [3.8, 4) is 0 Å². The van der Waals surface area contributed by atoms with E-state index in [0.29, 0.717) is 13.0 Å². The molecule has 4 aromatic rings. The fourth-order valence-corrected chi connectivity index (χ4v) is 4.16. The highest BCUT2D eigenvalue weighted by Gasteiger charge is 2.17. The number of nitrogens with zero attached hydrogens (tertiary/aromatic N) is 1. The average molecular weight is 402 g/mol. The lowest BCUT2D eigenvalue weighted by Gasteiger charge is -2.13. The van der Waals surface area contributed by atoms with Gasteiger partial charge in [0, 0.05) is 41.4 Å². The summed E-state index contributed by atoms with van der Waals surface area (Å²) >= 11 is 0. The Morgan fingerprint density at radius 2 is 1.47 bits per heavy atom. The van der Waals surface area contributed by atoms with Crippen molar-refractivity contribution in [2.75, 3.05) is 6.61 Å². The van der Waals surface area contributed by atoms with Crippen LogP contribution in [0.4, 0.5) is 0 Å². The molecule has 0 aliphatic rings. The molecule has 1 heterocycles. The van der Waals surface area contributed by atoms with Gasteiger partial charge in [-0.15, -0.1) is 0 Å². The van der Waals surface area contributed by atoms with Gasteiger partial charge in [-0.1, -0.05) is 60.7 Å². The van der Waals surface area contributed by atoms with E-state index in [1.165, 1.54) is 27.4 Å². The molecule has 0 amide bonds. The van der Waals surface area contributed by atoms with Crippen molar-refractivity contribution < 1.29 is 14.6 Å². The molecule has 154 valence electrons. The number of carboxylic acid groups (broad SMARTS) is 1. The lowest BCUT2D eigenvalue weighted by atomic mass is 10.0. The van der Waals surface area contributed by atoms with Crippen molar-refractivity contribution in [1.82, 2.24) is 4.57 Å². The van der Waals surface area contributed by atoms with E-state index in [4.69, 9.17) is 4.74 Å². The SMILES string of the molecule is CCO[C@@H](Cc1ccc(CCCn2c3ccccc3c3ccccc32)cc1)C(=O)O. The minimum absolute atomic E-state index is 0.394. The zero-order valence-electron chi connectivity index (χ0n) is 17.3. The van der Waals surface area contributed by atoms with Gasteiger partial charge in [-0.25, -0.2) is 4.79 Å². The summed E-state index contributed by atoms with van der Waals surface area (Å²) in [6, 6.07) is 25.4. The predicted octanol–water partition coefficient (Wildman–Crippen LogP) is 5.46. The second kappa shape index (κ2) is 9.14. The summed E-state index contributed by atoms with van der Waals surface area (Å²) in [5.74, 6) is -0.910. The standard InChI is InChI=1S/C26H27NO3/c1-2-30-25(26(28)29)18-20-15-13-19(14-16-20)8-7-17-27-23-11-5-3-9-21(23)22-10-4-6-12-24(22)27/h3-6,9-16,25H,2,7-8,17-18H2,1H3,(H,28,29)/t25-/m0/s1. The third-order valence-electron chi connectivity index (χ3n) is 5.61. The molecular formula is C26H27NO3. The number of benzene rings is 3. The van der Waals surface area contributed by atoms with Crippen LogP contribution in [0, 0.1) is 0 Å². The van der Waals surface area contributed by atoms with Gasteiger partial charge in [-0.3, -0.25) is 0 Å². The number of aryl methyl sites for hydroxylation is 2. The number of carbonyl (C=O) groups is 1. The summed E-state index contributed by atoms with van der Waals surface area (Å²) in [6.45, 7) is 3.18. The first-order chi connectivity index (χ1) is 14.7. The largest absolute Gasteiger partial charge is 0.479 e. The van der Waals surface area contributed by atoms with E-state index in [9.17, 15) is 9.90 Å². The second-order valence-corrected chi connectivity index (χ2v) is 7.59. The molecule has 30 heavy (non-hydrogen) atoms. The summed E-state index contributed by atoms with van der Waals surface area (Å²) in [4.78, 5) is 11.3. The van der Waals surface area contributed by atoms with Gasteiger partial charge >= 0.3 is 5.97 Å². The molecule has 0 bridgehead atoms. The number of aliphatic carboxylic acids is 1. The molecule has 3 aromatic carbocycles. The lowest BCUT2D eigenvalue weighted by molar-refractivity contribution is -0.149. The third-order valence-corrected chi connectivity index (χ3v) is 5.61. The molecule has 0 unspecified atom stereocenters. The monoisotopic (exact) mass is 401 g/mol. The number of ether oxygens (including phenoxy) is 1. The maximum absolute atomic E-state index is 11.3. The van der Waals surface area contributed by atoms with Crippen LogP contribution in [0.15, 0.2) is 72.8 Å². The Balaban J connectivity index is 1.43. The van der Waals surface area contributed by atoms with E-state index in [2.05, 4.69) is 65.2 Å². The van der Waals surface area contributed by atoms with E-state index in [-0.39, 0.29) is 0 Å². The van der Waals surface area contributed by atoms with Gasteiger partial charge in [0.15, 0.2) is 6.10 Å². The van der Waals surface area contributed by atoms with Crippen molar-refractivity contribution in [3.63, 3.8) is 0 Å². The Morgan fingerprint density at radius 3 is 2.03 bits per heavy atom. The third kappa shape index (κ3) is 4.24. The zero-order valence-corrected chi connectivity index (χ0v) is 17.3. The molecule has 0 spiro atoms. The van der Waals surface area contributed by atoms with E-state index in [1.54, 1.807) is 0 Å². The highest BCUT2D eigenvalue weighted by Crippen LogP contribution is 2.29. The van der Waals surface area contributed by atoms with E-state index in [1.807, 2.05) is 19.1 Å². The minimum atomic E-state index is -0.910. The van der Waals surface area contributed by atoms with Crippen LogP contribution in [-0.4, -0.2) is 28.4 Å². The van der Waals surface area contributed by atoms with Gasteiger partial charge in [0.1, 0.15) is 0 Å². The Morgan fingerprint density at radius 1 is 0.900 bits per heavy atom. The van der Waals surface area contributed by atoms with Crippen LogP contribution in [0.1, 0.15) is 24.5 Å². The quantitative estimate of drug-likeness (QED) is 0.405. The van der Waals surface area contributed by atoms with Gasteiger partial charge < -0.3 is 14.4 Å². The van der Waals surface area contributed by atoms with Crippen molar-refractivity contribution in [2.45, 2.75) is 38.8 Å². The smallest absolute Gasteiger partial charge is 0.333 e. The van der Waals surface area contributed by atoms with E-state index in [0.717, 1.165) is 24.9 Å². The summed E-state index contributed by atoms with van der Waals surface area (Å²) in [5.41, 5.74) is 4.82. The van der Waals surface area contributed by atoms with Crippen LogP contribution in [0.25, 0.3) is 21.8 Å². The maximum Gasteiger partial charge on any atom is 0.333 e. The number of hydrogen-bond donors (Lipinski definition) is 1. The van der Waals surface area contributed by atoms with Crippen LogP contribution in [-0.2, 0) is 28.9 Å². The molecule has 4 nitrogen and oxygen atoms in total. The Labute approximate surface area is 176 Å². The molecule has 1 atom stereocenters. The van der Waals surface area contributed by atoms with E-state index >= 15 is 0 Å². The van der Waals surface area contributed by atoms with Crippen LogP contribution in [0.2, 0.25) is 0 Å². The molecule has 0 fully saturated rings. The molecule has 4 heteroatoms. The van der Waals surface area contributed by atoms with Crippen molar-refractivity contribution in [1.29, 1.82) is 0 Å². The predicted molar refractivity (Wildman–Crippen MR) is 121 cm³/mol. The Kier molecular flexibility index (Phi) is 6.15. The van der Waals surface area contributed by atoms with Crippen molar-refractivity contribution >= 4 is 27.8 Å². The molecule has 0 radical (unpaired) electrons. The lowest BCUT2D eigenvalue weighted by Crippen LogP contribution is -2.26. The van der Waals surface area contributed by atoms with E-state index < -0.39 is 12.1 Å². The number of aromatic nitrogens is 1. The second-order valence-electron chi connectivity index (χ2n) is 7.59. The molecule has 1 N–H and O–H groups in total. The Hall–Kier alpha value is -3.11. The molecule has 0 aliphatic heterocycles. The number of carboxylic acids is 1. The van der Waals surface area contributed by atoms with Crippen molar-refractivity contribution in [2.24, 2.45) is 0 Å². The first kappa shape index (κ1) is 20.2. The Bertz CT molecular complexity index is 1090. The van der Waals surface area contributed by atoms with Gasteiger partial charge in [0.05, 0.1) is 0 Å². The normalized spacial score (nSPS) is 12.4. The summed E-state index contributed by atoms with van der Waals surface area (Å²) < 4.78 is 7.73.